The zero-order valence-corrected chi connectivity index (χ0v) is 6.46. The fraction of sp³-hybridized carbons (Fsp3) is 1.00. The summed E-state index contributed by atoms with van der Waals surface area (Å²) in [5, 5.41) is 8.94. The van der Waals surface area contributed by atoms with E-state index in [2.05, 4.69) is 0 Å². The summed E-state index contributed by atoms with van der Waals surface area (Å²) in [6, 6.07) is 0. The lowest BCUT2D eigenvalue weighted by Gasteiger charge is -2.04. The van der Waals surface area contributed by atoms with Crippen molar-refractivity contribution in [3.8, 4) is 0 Å². The van der Waals surface area contributed by atoms with E-state index in [4.69, 9.17) is 5.11 Å². The average molecular weight is 152 g/mol. The lowest BCUT2D eigenvalue weighted by molar-refractivity contribution is 0.195. The van der Waals surface area contributed by atoms with Crippen LogP contribution in [0.2, 0.25) is 0 Å². The van der Waals surface area contributed by atoms with E-state index in [1.165, 1.54) is 11.8 Å². The summed E-state index contributed by atoms with van der Waals surface area (Å²) in [6.45, 7) is 1.63. The summed E-state index contributed by atoms with van der Waals surface area (Å²) in [5.41, 5.74) is 0. The third-order valence-electron chi connectivity index (χ3n) is 1.00. The Hall–Kier alpha value is 0.240. The van der Waals surface area contributed by atoms with Crippen molar-refractivity contribution in [3.05, 3.63) is 0 Å². The van der Waals surface area contributed by atoms with Gasteiger partial charge in [0.05, 0.1) is 12.8 Å². The van der Waals surface area contributed by atoms with Crippen LogP contribution in [0.25, 0.3) is 0 Å². The van der Waals surface area contributed by atoms with E-state index in [9.17, 15) is 4.39 Å². The molecule has 1 N–H and O–H groups in total. The average Bonchev–Trinajstić information content (AvgIpc) is 1.89. The predicted octanol–water partition coefficient (Wildman–Crippen LogP) is 1.46. The molecule has 0 aromatic carbocycles. The molecule has 0 aliphatic rings. The summed E-state index contributed by atoms with van der Waals surface area (Å²) in [5.74, 6) is 1.18. The van der Waals surface area contributed by atoms with Crippen molar-refractivity contribution in [2.75, 3.05) is 18.2 Å². The molecule has 0 rings (SSSR count). The molecular weight excluding hydrogens is 139 g/mol. The second-order valence-corrected chi connectivity index (χ2v) is 2.98. The second kappa shape index (κ2) is 6.36. The molecule has 0 bridgehead atoms. The highest BCUT2D eigenvalue weighted by atomic mass is 32.2. The maximum absolute atomic E-state index is 11.4. The summed E-state index contributed by atoms with van der Waals surface area (Å²) in [7, 11) is 0. The van der Waals surface area contributed by atoms with Crippen LogP contribution in [0.3, 0.4) is 0 Å². The summed E-state index contributed by atoms with van der Waals surface area (Å²) in [4.78, 5) is 0. The smallest absolute Gasteiger partial charge is 0.0984 e. The van der Waals surface area contributed by atoms with Gasteiger partial charge in [-0.3, -0.25) is 4.39 Å². The van der Waals surface area contributed by atoms with Crippen LogP contribution in [0.1, 0.15) is 13.3 Å². The lowest BCUT2D eigenvalue weighted by atomic mass is 10.3. The molecule has 3 heteroatoms. The number of rotatable bonds is 5. The van der Waals surface area contributed by atoms with Crippen molar-refractivity contribution in [1.82, 2.24) is 0 Å². The molecule has 0 aromatic rings. The molecule has 1 atom stereocenters. The summed E-state index contributed by atoms with van der Waals surface area (Å²) < 4.78 is 11.4. The lowest BCUT2D eigenvalue weighted by Crippen LogP contribution is -2.07. The van der Waals surface area contributed by atoms with Gasteiger partial charge in [0.25, 0.3) is 0 Å². The largest absolute Gasteiger partial charge is 0.392 e. The Balaban J connectivity index is 2.88. The predicted molar refractivity (Wildman–Crippen MR) is 39.6 cm³/mol. The Labute approximate surface area is 59.6 Å². The van der Waals surface area contributed by atoms with Crippen molar-refractivity contribution in [2.45, 2.75) is 19.4 Å². The Kier molecular flexibility index (Phi) is 6.53. The highest BCUT2D eigenvalue weighted by Crippen LogP contribution is 2.04. The number of alkyl halides is 1. The van der Waals surface area contributed by atoms with Crippen molar-refractivity contribution < 1.29 is 9.50 Å². The van der Waals surface area contributed by atoms with Gasteiger partial charge in [0.15, 0.2) is 0 Å². The standard InChI is InChI=1S/C6H13FOS/c1-2-6(8)5-9-4-3-7/h6,8H,2-5H2,1H3. The maximum atomic E-state index is 11.4. The SMILES string of the molecule is CCC(O)CSCCF. The van der Waals surface area contributed by atoms with E-state index < -0.39 is 0 Å². The molecule has 0 saturated carbocycles. The third kappa shape index (κ3) is 6.12. The molecule has 9 heavy (non-hydrogen) atoms. The first-order chi connectivity index (χ1) is 4.31. The number of hydrogen-bond acceptors (Lipinski definition) is 2. The number of hydrogen-bond donors (Lipinski definition) is 1. The molecule has 56 valence electrons. The van der Waals surface area contributed by atoms with Gasteiger partial charge in [-0.05, 0) is 6.42 Å². The van der Waals surface area contributed by atoms with E-state index in [0.717, 1.165) is 6.42 Å². The first kappa shape index (κ1) is 9.24. The minimum absolute atomic E-state index is 0.249. The van der Waals surface area contributed by atoms with Gasteiger partial charge in [-0.15, -0.1) is 0 Å². The quantitative estimate of drug-likeness (QED) is 0.602. The molecule has 0 spiro atoms. The Morgan fingerprint density at radius 3 is 2.78 bits per heavy atom. The van der Waals surface area contributed by atoms with E-state index in [1.807, 2.05) is 6.92 Å². The van der Waals surface area contributed by atoms with Crippen LogP contribution in [-0.2, 0) is 0 Å². The van der Waals surface area contributed by atoms with Crippen molar-refractivity contribution in [1.29, 1.82) is 0 Å². The van der Waals surface area contributed by atoms with Crippen LogP contribution < -0.4 is 0 Å². The topological polar surface area (TPSA) is 20.2 Å². The second-order valence-electron chi connectivity index (χ2n) is 1.83. The van der Waals surface area contributed by atoms with E-state index in [1.54, 1.807) is 0 Å². The van der Waals surface area contributed by atoms with Crippen LogP contribution in [-0.4, -0.2) is 29.4 Å². The van der Waals surface area contributed by atoms with E-state index >= 15 is 0 Å². The van der Waals surface area contributed by atoms with Crippen LogP contribution in [0, 0.1) is 0 Å². The van der Waals surface area contributed by atoms with Crippen LogP contribution >= 0.6 is 11.8 Å². The first-order valence-corrected chi connectivity index (χ1v) is 4.28. The fourth-order valence-corrected chi connectivity index (χ4v) is 1.18. The summed E-state index contributed by atoms with van der Waals surface area (Å²) in [6.07, 6.45) is 0.515. The van der Waals surface area contributed by atoms with Crippen molar-refractivity contribution in [2.24, 2.45) is 0 Å². The molecule has 0 radical (unpaired) electrons. The normalized spacial score (nSPS) is 13.7. The maximum Gasteiger partial charge on any atom is 0.0984 e. The zero-order chi connectivity index (χ0) is 7.11. The minimum atomic E-state index is -0.291. The minimum Gasteiger partial charge on any atom is -0.392 e. The van der Waals surface area contributed by atoms with Gasteiger partial charge in [-0.2, -0.15) is 11.8 Å². The zero-order valence-electron chi connectivity index (χ0n) is 5.64. The van der Waals surface area contributed by atoms with Gasteiger partial charge < -0.3 is 5.11 Å². The van der Waals surface area contributed by atoms with E-state index in [0.29, 0.717) is 11.5 Å². The highest BCUT2D eigenvalue weighted by Gasteiger charge is 1.98. The molecule has 1 unspecified atom stereocenters. The highest BCUT2D eigenvalue weighted by molar-refractivity contribution is 7.99. The van der Waals surface area contributed by atoms with Crippen LogP contribution in [0.5, 0.6) is 0 Å². The first-order valence-electron chi connectivity index (χ1n) is 3.13. The van der Waals surface area contributed by atoms with Gasteiger partial charge >= 0.3 is 0 Å². The summed E-state index contributed by atoms with van der Waals surface area (Å²) >= 11 is 1.46. The molecule has 1 nitrogen and oxygen atoms in total. The van der Waals surface area contributed by atoms with Gasteiger partial charge in [0.1, 0.15) is 0 Å². The Bertz CT molecular complexity index is 61.0. The van der Waals surface area contributed by atoms with Gasteiger partial charge in [0.2, 0.25) is 0 Å². The molecule has 0 aliphatic carbocycles. The molecule has 0 aliphatic heterocycles. The molecule has 0 amide bonds. The number of aliphatic hydroxyl groups is 1. The van der Waals surface area contributed by atoms with Gasteiger partial charge in [-0.1, -0.05) is 6.92 Å². The Morgan fingerprint density at radius 1 is 1.67 bits per heavy atom. The molecule has 0 aromatic heterocycles. The van der Waals surface area contributed by atoms with Crippen LogP contribution in [0.4, 0.5) is 4.39 Å². The van der Waals surface area contributed by atoms with Gasteiger partial charge in [0, 0.05) is 11.5 Å². The van der Waals surface area contributed by atoms with Crippen LogP contribution in [0.15, 0.2) is 0 Å². The van der Waals surface area contributed by atoms with Crippen molar-refractivity contribution in [3.63, 3.8) is 0 Å². The van der Waals surface area contributed by atoms with Crippen molar-refractivity contribution >= 4 is 11.8 Å². The van der Waals surface area contributed by atoms with Gasteiger partial charge in [-0.25, -0.2) is 0 Å². The fourth-order valence-electron chi connectivity index (χ4n) is 0.392. The Morgan fingerprint density at radius 2 is 2.33 bits per heavy atom. The number of halogens is 1. The third-order valence-corrected chi connectivity index (χ3v) is 2.07. The number of thioether (sulfide) groups is 1. The molecular formula is C6H13FOS. The monoisotopic (exact) mass is 152 g/mol. The molecule has 0 saturated heterocycles. The number of aliphatic hydroxyl groups excluding tert-OH is 1. The molecule has 0 fully saturated rings. The van der Waals surface area contributed by atoms with E-state index in [-0.39, 0.29) is 12.8 Å². The molecule has 0 heterocycles.